The van der Waals surface area contributed by atoms with Gasteiger partial charge in [-0.1, -0.05) is 20.3 Å². The molecule has 0 aromatic carbocycles. The highest BCUT2D eigenvalue weighted by Gasteiger charge is 2.26. The van der Waals surface area contributed by atoms with Gasteiger partial charge in [-0.2, -0.15) is 11.8 Å². The molecule has 1 aliphatic heterocycles. The summed E-state index contributed by atoms with van der Waals surface area (Å²) in [6, 6.07) is -1.01. The Bertz CT molecular complexity index is 280. The van der Waals surface area contributed by atoms with Crippen molar-refractivity contribution in [1.29, 1.82) is 0 Å². The first-order valence-corrected chi connectivity index (χ1v) is 7.07. The summed E-state index contributed by atoms with van der Waals surface area (Å²) in [6.45, 7) is 3.73. The minimum atomic E-state index is -0.977. The second-order valence-corrected chi connectivity index (χ2v) is 5.53. The van der Waals surface area contributed by atoms with Crippen molar-refractivity contribution in [2.24, 2.45) is 5.92 Å². The summed E-state index contributed by atoms with van der Waals surface area (Å²) >= 11 is 1.80. The van der Waals surface area contributed by atoms with E-state index in [1.807, 2.05) is 13.8 Å². The van der Waals surface area contributed by atoms with Gasteiger partial charge in [-0.05, 0) is 18.1 Å². The van der Waals surface area contributed by atoms with E-state index in [1.165, 1.54) is 0 Å². The van der Waals surface area contributed by atoms with Crippen LogP contribution in [-0.2, 0) is 4.79 Å². The molecule has 1 heterocycles. The number of carbonyl (C=O) groups is 2. The van der Waals surface area contributed by atoms with E-state index >= 15 is 0 Å². The van der Waals surface area contributed by atoms with E-state index in [2.05, 4.69) is 10.6 Å². The van der Waals surface area contributed by atoms with Crippen molar-refractivity contribution in [3.8, 4) is 0 Å². The summed E-state index contributed by atoms with van der Waals surface area (Å²) in [5, 5.41) is 14.4. The number of amides is 2. The van der Waals surface area contributed by atoms with Crippen LogP contribution in [0.25, 0.3) is 0 Å². The molecule has 98 valence electrons. The third-order valence-corrected chi connectivity index (χ3v) is 4.19. The first-order chi connectivity index (χ1) is 8.04. The third-order valence-electron chi connectivity index (χ3n) is 3.03. The summed E-state index contributed by atoms with van der Waals surface area (Å²) in [6.07, 6.45) is 1.68. The SMILES string of the molecule is CCC(C)C(NC(=O)NC1CCSC1)C(=O)O. The highest BCUT2D eigenvalue weighted by molar-refractivity contribution is 7.99. The van der Waals surface area contributed by atoms with Gasteiger partial charge in [0.25, 0.3) is 0 Å². The molecule has 0 saturated carbocycles. The van der Waals surface area contributed by atoms with Gasteiger partial charge in [0, 0.05) is 11.8 Å². The van der Waals surface area contributed by atoms with E-state index in [1.54, 1.807) is 11.8 Å². The van der Waals surface area contributed by atoms with Crippen molar-refractivity contribution >= 4 is 23.8 Å². The second kappa shape index (κ2) is 6.74. The molecule has 0 aromatic heterocycles. The van der Waals surface area contributed by atoms with E-state index in [4.69, 9.17) is 5.11 Å². The number of aliphatic carboxylic acids is 1. The first kappa shape index (κ1) is 14.2. The molecule has 0 aliphatic carbocycles. The van der Waals surface area contributed by atoms with Gasteiger partial charge < -0.3 is 15.7 Å². The maximum atomic E-state index is 11.6. The van der Waals surface area contributed by atoms with E-state index in [9.17, 15) is 9.59 Å². The fourth-order valence-electron chi connectivity index (χ4n) is 1.70. The van der Waals surface area contributed by atoms with Crippen molar-refractivity contribution in [2.75, 3.05) is 11.5 Å². The van der Waals surface area contributed by atoms with E-state index in [0.717, 1.165) is 24.3 Å². The molecule has 5 nitrogen and oxygen atoms in total. The Morgan fingerprint density at radius 3 is 2.71 bits per heavy atom. The van der Waals surface area contributed by atoms with Crippen LogP contribution in [0.2, 0.25) is 0 Å². The molecule has 3 N–H and O–H groups in total. The molecule has 0 spiro atoms. The van der Waals surface area contributed by atoms with Gasteiger partial charge >= 0.3 is 12.0 Å². The number of thioether (sulfide) groups is 1. The van der Waals surface area contributed by atoms with Gasteiger partial charge in [0.2, 0.25) is 0 Å². The lowest BCUT2D eigenvalue weighted by Crippen LogP contribution is -2.51. The standard InChI is InChI=1S/C11H20N2O3S/c1-3-7(2)9(10(14)15)13-11(16)12-8-4-5-17-6-8/h7-9H,3-6H2,1-2H3,(H,14,15)(H2,12,13,16). The minimum absolute atomic E-state index is 0.0730. The predicted molar refractivity (Wildman–Crippen MR) is 68.3 cm³/mol. The van der Waals surface area contributed by atoms with Crippen molar-refractivity contribution in [3.05, 3.63) is 0 Å². The largest absolute Gasteiger partial charge is 0.480 e. The number of carboxylic acid groups (broad SMARTS) is 1. The maximum Gasteiger partial charge on any atom is 0.326 e. The summed E-state index contributed by atoms with van der Waals surface area (Å²) in [4.78, 5) is 22.7. The zero-order valence-corrected chi connectivity index (χ0v) is 11.0. The van der Waals surface area contributed by atoms with Crippen molar-refractivity contribution in [1.82, 2.24) is 10.6 Å². The quantitative estimate of drug-likeness (QED) is 0.696. The lowest BCUT2D eigenvalue weighted by Gasteiger charge is -2.21. The molecule has 3 atom stereocenters. The van der Waals surface area contributed by atoms with Gasteiger partial charge in [-0.3, -0.25) is 0 Å². The molecular formula is C11H20N2O3S. The highest BCUT2D eigenvalue weighted by Crippen LogP contribution is 2.17. The molecule has 17 heavy (non-hydrogen) atoms. The zero-order chi connectivity index (χ0) is 12.8. The maximum absolute atomic E-state index is 11.6. The summed E-state index contributed by atoms with van der Waals surface area (Å²) in [5.41, 5.74) is 0. The molecule has 3 unspecified atom stereocenters. The fourth-order valence-corrected chi connectivity index (χ4v) is 2.85. The van der Waals surface area contributed by atoms with Crippen molar-refractivity contribution in [2.45, 2.75) is 38.8 Å². The Balaban J connectivity index is 2.43. The summed E-state index contributed by atoms with van der Waals surface area (Å²) < 4.78 is 0. The molecule has 0 aromatic rings. The molecule has 1 fully saturated rings. The van der Waals surface area contributed by atoms with Crippen LogP contribution in [0.3, 0.4) is 0 Å². The number of carboxylic acids is 1. The van der Waals surface area contributed by atoms with E-state index < -0.39 is 12.0 Å². The topological polar surface area (TPSA) is 78.4 Å². The second-order valence-electron chi connectivity index (χ2n) is 4.38. The van der Waals surface area contributed by atoms with Gasteiger partial charge in [-0.15, -0.1) is 0 Å². The first-order valence-electron chi connectivity index (χ1n) is 5.92. The van der Waals surface area contributed by atoms with Crippen molar-refractivity contribution in [3.63, 3.8) is 0 Å². The lowest BCUT2D eigenvalue weighted by atomic mass is 9.99. The van der Waals surface area contributed by atoms with E-state index in [0.29, 0.717) is 0 Å². The highest BCUT2D eigenvalue weighted by atomic mass is 32.2. The van der Waals surface area contributed by atoms with Gasteiger partial charge in [-0.25, -0.2) is 9.59 Å². The lowest BCUT2D eigenvalue weighted by molar-refractivity contribution is -0.140. The van der Waals surface area contributed by atoms with Crippen LogP contribution in [0.1, 0.15) is 26.7 Å². The summed E-state index contributed by atoms with van der Waals surface area (Å²) in [7, 11) is 0. The number of carbonyl (C=O) groups excluding carboxylic acids is 1. The molecular weight excluding hydrogens is 240 g/mol. The Morgan fingerprint density at radius 1 is 1.53 bits per heavy atom. The number of rotatable bonds is 5. The third kappa shape index (κ3) is 4.46. The predicted octanol–water partition coefficient (Wildman–Crippen LogP) is 1.29. The summed E-state index contributed by atoms with van der Waals surface area (Å²) in [5.74, 6) is 0.916. The normalized spacial score (nSPS) is 22.8. The molecule has 6 heteroatoms. The molecule has 1 aliphatic rings. The Hall–Kier alpha value is -0.910. The van der Waals surface area contributed by atoms with Crippen molar-refractivity contribution < 1.29 is 14.7 Å². The number of urea groups is 1. The molecule has 2 amide bonds. The average Bonchev–Trinajstić information content (AvgIpc) is 2.77. The van der Waals surface area contributed by atoms with Gasteiger partial charge in [0.15, 0.2) is 0 Å². The molecule has 0 bridgehead atoms. The Morgan fingerprint density at radius 2 is 2.24 bits per heavy atom. The smallest absolute Gasteiger partial charge is 0.326 e. The van der Waals surface area contributed by atoms with Crippen LogP contribution in [0, 0.1) is 5.92 Å². The van der Waals surface area contributed by atoms with E-state index in [-0.39, 0.29) is 18.0 Å². The molecule has 1 saturated heterocycles. The Kier molecular flexibility index (Phi) is 5.61. The van der Waals surface area contributed by atoms with Crippen LogP contribution in [0.5, 0.6) is 0 Å². The fraction of sp³-hybridized carbons (Fsp3) is 0.818. The zero-order valence-electron chi connectivity index (χ0n) is 10.2. The van der Waals surface area contributed by atoms with Crippen LogP contribution < -0.4 is 10.6 Å². The average molecular weight is 260 g/mol. The Labute approximate surface area is 106 Å². The number of nitrogens with one attached hydrogen (secondary N) is 2. The van der Waals surface area contributed by atoms with Crippen LogP contribution >= 0.6 is 11.8 Å². The van der Waals surface area contributed by atoms with Crippen LogP contribution in [0.15, 0.2) is 0 Å². The number of hydrogen-bond acceptors (Lipinski definition) is 3. The monoisotopic (exact) mass is 260 g/mol. The molecule has 0 radical (unpaired) electrons. The van der Waals surface area contributed by atoms with Crippen LogP contribution in [0.4, 0.5) is 4.79 Å². The van der Waals surface area contributed by atoms with Gasteiger partial charge in [0.05, 0.1) is 0 Å². The molecule has 1 rings (SSSR count). The van der Waals surface area contributed by atoms with Gasteiger partial charge in [0.1, 0.15) is 6.04 Å². The minimum Gasteiger partial charge on any atom is -0.480 e. The van der Waals surface area contributed by atoms with Crippen LogP contribution in [-0.4, -0.2) is 40.7 Å². The number of hydrogen-bond donors (Lipinski definition) is 3.